The first-order chi connectivity index (χ1) is 14.1. The fraction of sp³-hybridized carbons (Fsp3) is 0.250. The molecule has 4 aromatic rings. The summed E-state index contributed by atoms with van der Waals surface area (Å²) in [5.74, 6) is 1.85. The monoisotopic (exact) mass is 389 g/mol. The Morgan fingerprint density at radius 1 is 1.24 bits per heavy atom. The summed E-state index contributed by atoms with van der Waals surface area (Å²) >= 11 is 0. The molecule has 1 amide bonds. The summed E-state index contributed by atoms with van der Waals surface area (Å²) in [6.07, 6.45) is 1.88. The number of amides is 1. The maximum Gasteiger partial charge on any atom is 0.226 e. The maximum atomic E-state index is 12.6. The van der Waals surface area contributed by atoms with Crippen molar-refractivity contribution in [1.29, 1.82) is 0 Å². The standard InChI is InChI=1S/C20H19N7O2/c1-3-29-14-6-4-5-13(9-14)15-10-18(28)22-20-19(15)12(2)24-27(20)17-8-7-16-23-21-11-26(16)25-17/h4-9,11,15H,3,10H2,1-2H3,(H,22,28)/t15-/m0/s1. The molecule has 0 fully saturated rings. The molecular weight excluding hydrogens is 370 g/mol. The first-order valence-electron chi connectivity index (χ1n) is 9.43. The Labute approximate surface area is 166 Å². The van der Waals surface area contributed by atoms with Crippen molar-refractivity contribution < 1.29 is 9.53 Å². The molecule has 0 radical (unpaired) electrons. The van der Waals surface area contributed by atoms with Gasteiger partial charge in [0.2, 0.25) is 5.91 Å². The molecule has 0 unspecified atom stereocenters. The normalized spacial score (nSPS) is 15.9. The average molecular weight is 389 g/mol. The van der Waals surface area contributed by atoms with Crippen LogP contribution in [0.1, 0.15) is 36.1 Å². The van der Waals surface area contributed by atoms with E-state index < -0.39 is 0 Å². The molecule has 9 heteroatoms. The van der Waals surface area contributed by atoms with Crippen molar-refractivity contribution in [2.45, 2.75) is 26.2 Å². The summed E-state index contributed by atoms with van der Waals surface area (Å²) in [6.45, 7) is 4.49. The fourth-order valence-corrected chi connectivity index (χ4v) is 3.82. The third-order valence-corrected chi connectivity index (χ3v) is 5.04. The third kappa shape index (κ3) is 2.91. The van der Waals surface area contributed by atoms with Crippen LogP contribution >= 0.6 is 0 Å². The van der Waals surface area contributed by atoms with Crippen molar-refractivity contribution in [2.24, 2.45) is 0 Å². The van der Waals surface area contributed by atoms with Crippen molar-refractivity contribution in [3.8, 4) is 11.6 Å². The van der Waals surface area contributed by atoms with E-state index in [1.54, 1.807) is 9.20 Å². The van der Waals surface area contributed by atoms with Crippen molar-refractivity contribution in [3.63, 3.8) is 0 Å². The number of ether oxygens (including phenoxy) is 1. The molecule has 0 aliphatic carbocycles. The second kappa shape index (κ2) is 6.69. The van der Waals surface area contributed by atoms with Gasteiger partial charge >= 0.3 is 0 Å². The summed E-state index contributed by atoms with van der Waals surface area (Å²) < 4.78 is 8.89. The molecule has 1 aliphatic heterocycles. The van der Waals surface area contributed by atoms with Gasteiger partial charge in [0.05, 0.1) is 12.3 Å². The fourth-order valence-electron chi connectivity index (χ4n) is 3.82. The third-order valence-electron chi connectivity index (χ3n) is 5.04. The lowest BCUT2D eigenvalue weighted by Crippen LogP contribution is -2.25. The van der Waals surface area contributed by atoms with Gasteiger partial charge in [-0.1, -0.05) is 12.1 Å². The molecule has 1 atom stereocenters. The number of fused-ring (bicyclic) bond motifs is 2. The summed E-state index contributed by atoms with van der Waals surface area (Å²) in [4.78, 5) is 12.6. The smallest absolute Gasteiger partial charge is 0.226 e. The van der Waals surface area contributed by atoms with Gasteiger partial charge < -0.3 is 10.1 Å². The van der Waals surface area contributed by atoms with Crippen LogP contribution in [-0.4, -0.2) is 42.1 Å². The highest BCUT2D eigenvalue weighted by Crippen LogP contribution is 2.40. The molecule has 3 aromatic heterocycles. The van der Waals surface area contributed by atoms with Crippen molar-refractivity contribution in [3.05, 3.63) is 59.5 Å². The molecule has 1 aromatic carbocycles. The summed E-state index contributed by atoms with van der Waals surface area (Å²) in [5, 5.41) is 20.0. The number of rotatable bonds is 4. The van der Waals surface area contributed by atoms with Crippen molar-refractivity contribution in [2.75, 3.05) is 11.9 Å². The topological polar surface area (TPSA) is 99.2 Å². The van der Waals surface area contributed by atoms with Gasteiger partial charge in [-0.2, -0.15) is 14.3 Å². The highest BCUT2D eigenvalue weighted by atomic mass is 16.5. The Kier molecular flexibility index (Phi) is 4.01. The van der Waals surface area contributed by atoms with Gasteiger partial charge in [0.15, 0.2) is 11.5 Å². The van der Waals surface area contributed by atoms with Crippen LogP contribution in [0.15, 0.2) is 42.7 Å². The number of anilines is 1. The molecule has 5 rings (SSSR count). The van der Waals surface area contributed by atoms with Crippen LogP contribution < -0.4 is 10.1 Å². The molecule has 29 heavy (non-hydrogen) atoms. The van der Waals surface area contributed by atoms with E-state index in [0.29, 0.717) is 30.3 Å². The van der Waals surface area contributed by atoms with E-state index in [-0.39, 0.29) is 11.8 Å². The van der Waals surface area contributed by atoms with Gasteiger partial charge in [-0.15, -0.1) is 15.3 Å². The SMILES string of the molecule is CCOc1cccc([C@@H]2CC(=O)Nc3c2c(C)nn3-c2ccc3nncn3n2)c1. The first kappa shape index (κ1) is 17.4. The Morgan fingerprint density at radius 2 is 2.14 bits per heavy atom. The van der Waals surface area contributed by atoms with E-state index >= 15 is 0 Å². The second-order valence-corrected chi connectivity index (χ2v) is 6.90. The lowest BCUT2D eigenvalue weighted by atomic mass is 9.86. The van der Waals surface area contributed by atoms with Crippen LogP contribution in [0.5, 0.6) is 5.75 Å². The zero-order valence-corrected chi connectivity index (χ0v) is 16.0. The van der Waals surface area contributed by atoms with Gasteiger partial charge in [0.25, 0.3) is 0 Å². The minimum atomic E-state index is -0.105. The molecular formula is C20H19N7O2. The van der Waals surface area contributed by atoms with E-state index in [0.717, 1.165) is 22.6 Å². The van der Waals surface area contributed by atoms with Gasteiger partial charge in [-0.05, 0) is 43.7 Å². The van der Waals surface area contributed by atoms with Crippen molar-refractivity contribution in [1.82, 2.24) is 29.6 Å². The largest absolute Gasteiger partial charge is 0.494 e. The van der Waals surface area contributed by atoms with Crippen LogP contribution in [-0.2, 0) is 4.79 Å². The van der Waals surface area contributed by atoms with Crippen LogP contribution in [0, 0.1) is 6.92 Å². The van der Waals surface area contributed by atoms with E-state index in [1.807, 2.05) is 50.2 Å². The van der Waals surface area contributed by atoms with Gasteiger partial charge in [0, 0.05) is 17.9 Å². The molecule has 0 saturated carbocycles. The number of aromatic nitrogens is 6. The predicted octanol–water partition coefficient (Wildman–Crippen LogP) is 2.49. The average Bonchev–Trinajstić information content (AvgIpc) is 3.31. The molecule has 4 heterocycles. The Hall–Kier alpha value is -3.75. The van der Waals surface area contributed by atoms with Gasteiger partial charge in [-0.25, -0.2) is 0 Å². The van der Waals surface area contributed by atoms with Crippen LogP contribution in [0.2, 0.25) is 0 Å². The zero-order chi connectivity index (χ0) is 20.0. The number of nitrogens with zero attached hydrogens (tertiary/aromatic N) is 6. The highest BCUT2D eigenvalue weighted by molar-refractivity contribution is 5.95. The number of aryl methyl sites for hydroxylation is 1. The molecule has 0 spiro atoms. The number of carbonyl (C=O) groups is 1. The summed E-state index contributed by atoms with van der Waals surface area (Å²) in [6, 6.07) is 11.5. The molecule has 9 nitrogen and oxygen atoms in total. The minimum absolute atomic E-state index is 0.0594. The predicted molar refractivity (Wildman–Crippen MR) is 105 cm³/mol. The van der Waals surface area contributed by atoms with E-state index in [4.69, 9.17) is 4.74 Å². The minimum Gasteiger partial charge on any atom is -0.494 e. The molecule has 1 N–H and O–H groups in total. The quantitative estimate of drug-likeness (QED) is 0.576. The number of hydrogen-bond donors (Lipinski definition) is 1. The number of nitrogens with one attached hydrogen (secondary N) is 1. The Bertz CT molecular complexity index is 1230. The highest BCUT2D eigenvalue weighted by Gasteiger charge is 2.33. The molecule has 146 valence electrons. The Balaban J connectivity index is 1.63. The van der Waals surface area contributed by atoms with Crippen LogP contribution in [0.25, 0.3) is 11.5 Å². The molecule has 1 aliphatic rings. The number of carbonyl (C=O) groups excluding carboxylic acids is 1. The zero-order valence-electron chi connectivity index (χ0n) is 16.0. The first-order valence-corrected chi connectivity index (χ1v) is 9.43. The number of hydrogen-bond acceptors (Lipinski definition) is 6. The van der Waals surface area contributed by atoms with Gasteiger partial charge in [0.1, 0.15) is 17.9 Å². The van der Waals surface area contributed by atoms with Crippen molar-refractivity contribution >= 4 is 17.4 Å². The lowest BCUT2D eigenvalue weighted by Gasteiger charge is -2.24. The van der Waals surface area contributed by atoms with Crippen LogP contribution in [0.4, 0.5) is 5.82 Å². The summed E-state index contributed by atoms with van der Waals surface area (Å²) in [7, 11) is 0. The van der Waals surface area contributed by atoms with E-state index in [9.17, 15) is 4.79 Å². The lowest BCUT2D eigenvalue weighted by molar-refractivity contribution is -0.116. The summed E-state index contributed by atoms with van der Waals surface area (Å²) in [5.41, 5.74) is 3.50. The molecule has 0 saturated heterocycles. The van der Waals surface area contributed by atoms with Crippen LogP contribution in [0.3, 0.4) is 0 Å². The maximum absolute atomic E-state index is 12.6. The Morgan fingerprint density at radius 3 is 3.00 bits per heavy atom. The van der Waals surface area contributed by atoms with E-state index in [1.165, 1.54) is 6.33 Å². The van der Waals surface area contributed by atoms with E-state index in [2.05, 4.69) is 25.7 Å². The number of benzene rings is 1. The molecule has 0 bridgehead atoms. The second-order valence-electron chi connectivity index (χ2n) is 6.90. The van der Waals surface area contributed by atoms with Gasteiger partial charge in [-0.3, -0.25) is 4.79 Å².